The highest BCUT2D eigenvalue weighted by Crippen LogP contribution is 2.40. The molecule has 0 bridgehead atoms. The van der Waals surface area contributed by atoms with E-state index < -0.39 is 0 Å². The van der Waals surface area contributed by atoms with E-state index in [4.69, 9.17) is 15.0 Å². The third-order valence-electron chi connectivity index (χ3n) is 8.45. The number of rotatable bonds is 4. The Kier molecular flexibility index (Phi) is 5.98. The van der Waals surface area contributed by atoms with E-state index in [-0.39, 0.29) is 0 Å². The normalized spacial score (nSPS) is 11.5. The summed E-state index contributed by atoms with van der Waals surface area (Å²) in [7, 11) is 0. The van der Waals surface area contributed by atoms with E-state index in [1.54, 1.807) is 6.07 Å². The maximum atomic E-state index is 9.54. The van der Waals surface area contributed by atoms with Gasteiger partial charge in [-0.1, -0.05) is 91.0 Å². The summed E-state index contributed by atoms with van der Waals surface area (Å²) in [6, 6.07) is 49.8. The minimum Gasteiger partial charge on any atom is -0.309 e. The van der Waals surface area contributed by atoms with Crippen LogP contribution in [0.1, 0.15) is 5.56 Å². The number of aromatic nitrogens is 4. The Labute approximate surface area is 268 Å². The Balaban J connectivity index is 1.27. The second-order valence-corrected chi connectivity index (χ2v) is 12.3. The van der Waals surface area contributed by atoms with E-state index in [0.29, 0.717) is 23.0 Å². The molecule has 6 heteroatoms. The molecule has 0 amide bonds. The van der Waals surface area contributed by atoms with E-state index >= 15 is 0 Å². The first kappa shape index (κ1) is 26.3. The van der Waals surface area contributed by atoms with Gasteiger partial charge in [0.2, 0.25) is 0 Å². The minimum atomic E-state index is 0.523. The summed E-state index contributed by atoms with van der Waals surface area (Å²) in [6.45, 7) is 0. The van der Waals surface area contributed by atoms with E-state index in [1.165, 1.54) is 30.9 Å². The van der Waals surface area contributed by atoms with Crippen LogP contribution in [0.4, 0.5) is 0 Å². The van der Waals surface area contributed by atoms with Gasteiger partial charge < -0.3 is 4.57 Å². The van der Waals surface area contributed by atoms with Crippen molar-refractivity contribution >= 4 is 53.3 Å². The van der Waals surface area contributed by atoms with Gasteiger partial charge in [0, 0.05) is 53.3 Å². The van der Waals surface area contributed by atoms with Crippen LogP contribution in [0.25, 0.3) is 81.8 Å². The third kappa shape index (κ3) is 4.26. The number of hydrogen-bond donors (Lipinski definition) is 0. The third-order valence-corrected chi connectivity index (χ3v) is 9.58. The predicted molar refractivity (Wildman–Crippen MR) is 188 cm³/mol. The summed E-state index contributed by atoms with van der Waals surface area (Å²) in [5, 5.41) is 14.5. The lowest BCUT2D eigenvalue weighted by Gasteiger charge is -2.12. The quantitative estimate of drug-likeness (QED) is 0.200. The molecule has 0 radical (unpaired) electrons. The summed E-state index contributed by atoms with van der Waals surface area (Å²) in [6.07, 6.45) is 0. The van der Waals surface area contributed by atoms with Gasteiger partial charge in [-0.25, -0.2) is 15.0 Å². The van der Waals surface area contributed by atoms with Crippen molar-refractivity contribution in [2.45, 2.75) is 0 Å². The molecule has 46 heavy (non-hydrogen) atoms. The first-order valence-electron chi connectivity index (χ1n) is 15.0. The van der Waals surface area contributed by atoms with Gasteiger partial charge in [0.15, 0.2) is 17.5 Å². The maximum absolute atomic E-state index is 9.54. The van der Waals surface area contributed by atoms with Crippen LogP contribution in [0.2, 0.25) is 0 Å². The minimum absolute atomic E-state index is 0.523. The van der Waals surface area contributed by atoms with Crippen LogP contribution >= 0.6 is 11.3 Å². The number of hydrogen-bond acceptors (Lipinski definition) is 5. The van der Waals surface area contributed by atoms with Crippen molar-refractivity contribution in [2.75, 3.05) is 0 Å². The average Bonchev–Trinajstić information content (AvgIpc) is 3.65. The molecular formula is C40H23N5S. The van der Waals surface area contributed by atoms with E-state index in [9.17, 15) is 5.26 Å². The van der Waals surface area contributed by atoms with Crippen molar-refractivity contribution in [3.05, 3.63) is 145 Å². The number of fused-ring (bicyclic) bond motifs is 6. The zero-order chi connectivity index (χ0) is 30.6. The Morgan fingerprint density at radius 1 is 0.478 bits per heavy atom. The average molecular weight is 606 g/mol. The molecule has 0 unspecified atom stereocenters. The highest BCUT2D eigenvalue weighted by atomic mass is 32.1. The first-order valence-corrected chi connectivity index (χ1v) is 15.8. The van der Waals surface area contributed by atoms with Crippen LogP contribution in [0.5, 0.6) is 0 Å². The maximum Gasteiger partial charge on any atom is 0.164 e. The number of nitriles is 1. The summed E-state index contributed by atoms with van der Waals surface area (Å²) >= 11 is 1.84. The van der Waals surface area contributed by atoms with E-state index in [1.807, 2.05) is 65.9 Å². The molecule has 6 aromatic carbocycles. The highest BCUT2D eigenvalue weighted by molar-refractivity contribution is 7.25. The molecule has 5 nitrogen and oxygen atoms in total. The molecule has 0 atom stereocenters. The van der Waals surface area contributed by atoms with Crippen LogP contribution in [-0.2, 0) is 0 Å². The Hall–Kier alpha value is -6.16. The van der Waals surface area contributed by atoms with Crippen LogP contribution in [0, 0.1) is 11.3 Å². The first-order chi connectivity index (χ1) is 22.7. The number of thiophene rings is 1. The monoisotopic (exact) mass is 605 g/mol. The smallest absolute Gasteiger partial charge is 0.164 e. The van der Waals surface area contributed by atoms with Crippen LogP contribution in [0.15, 0.2) is 140 Å². The molecule has 9 rings (SSSR count). The Morgan fingerprint density at radius 3 is 1.93 bits per heavy atom. The summed E-state index contributed by atoms with van der Waals surface area (Å²) in [5.74, 6) is 1.67. The number of nitrogens with zero attached hydrogens (tertiary/aromatic N) is 5. The van der Waals surface area contributed by atoms with Crippen molar-refractivity contribution in [1.82, 2.24) is 19.5 Å². The molecule has 0 aliphatic rings. The van der Waals surface area contributed by atoms with Gasteiger partial charge in [0.1, 0.15) is 0 Å². The van der Waals surface area contributed by atoms with Gasteiger partial charge in [-0.3, -0.25) is 0 Å². The van der Waals surface area contributed by atoms with Crippen molar-refractivity contribution in [3.8, 4) is 45.9 Å². The molecule has 3 aromatic heterocycles. The van der Waals surface area contributed by atoms with Crippen molar-refractivity contribution in [2.24, 2.45) is 0 Å². The largest absolute Gasteiger partial charge is 0.309 e. The standard InChI is InChI=1S/C40H23N5S/c41-24-25-10-8-13-27(20-25)39-42-38(26-11-2-1-3-12-26)43-40(44-39)28-14-9-15-29(21-28)45-34-18-6-4-16-30(34)32-23-37-33(22-35(32)45)31-17-5-7-19-36(31)46-37/h1-23H. The summed E-state index contributed by atoms with van der Waals surface area (Å²) in [5.41, 5.74) is 6.43. The lowest BCUT2D eigenvalue weighted by Crippen LogP contribution is -2.01. The Bertz CT molecular complexity index is 2660. The molecular weight excluding hydrogens is 583 g/mol. The van der Waals surface area contributed by atoms with Gasteiger partial charge in [0.25, 0.3) is 0 Å². The van der Waals surface area contributed by atoms with Crippen LogP contribution in [0.3, 0.4) is 0 Å². The van der Waals surface area contributed by atoms with Gasteiger partial charge in [-0.2, -0.15) is 5.26 Å². The van der Waals surface area contributed by atoms with Crippen LogP contribution < -0.4 is 0 Å². The Morgan fingerprint density at radius 2 is 1.13 bits per heavy atom. The van der Waals surface area contributed by atoms with Crippen molar-refractivity contribution in [3.63, 3.8) is 0 Å². The van der Waals surface area contributed by atoms with Crippen LogP contribution in [-0.4, -0.2) is 19.5 Å². The number of benzene rings is 6. The zero-order valence-corrected chi connectivity index (χ0v) is 25.2. The van der Waals surface area contributed by atoms with Gasteiger partial charge >= 0.3 is 0 Å². The lowest BCUT2D eigenvalue weighted by atomic mass is 10.1. The molecule has 0 saturated carbocycles. The van der Waals surface area contributed by atoms with Gasteiger partial charge in [-0.15, -0.1) is 11.3 Å². The molecule has 214 valence electrons. The topological polar surface area (TPSA) is 67.4 Å². The molecule has 9 aromatic rings. The summed E-state index contributed by atoms with van der Waals surface area (Å²) < 4.78 is 4.93. The van der Waals surface area contributed by atoms with Crippen molar-refractivity contribution < 1.29 is 0 Å². The fraction of sp³-hybridized carbons (Fsp3) is 0. The fourth-order valence-corrected chi connectivity index (χ4v) is 7.45. The lowest BCUT2D eigenvalue weighted by molar-refractivity contribution is 1.07. The second-order valence-electron chi connectivity index (χ2n) is 11.2. The molecule has 0 N–H and O–H groups in total. The highest BCUT2D eigenvalue weighted by Gasteiger charge is 2.17. The van der Waals surface area contributed by atoms with Gasteiger partial charge in [-0.05, 0) is 48.5 Å². The predicted octanol–water partition coefficient (Wildman–Crippen LogP) is 10.2. The molecule has 0 aliphatic carbocycles. The summed E-state index contributed by atoms with van der Waals surface area (Å²) in [4.78, 5) is 14.8. The molecule has 0 fully saturated rings. The molecule has 3 heterocycles. The second kappa shape index (κ2) is 10.5. The molecule has 0 spiro atoms. The fourth-order valence-electron chi connectivity index (χ4n) is 6.33. The zero-order valence-electron chi connectivity index (χ0n) is 24.4. The SMILES string of the molecule is N#Cc1cccc(-c2nc(-c3ccccc3)nc(-c3cccc(-n4c5ccccc5c5cc6sc7ccccc7c6cc54)c3)n2)c1. The molecule has 0 aliphatic heterocycles. The van der Waals surface area contributed by atoms with Gasteiger partial charge in [0.05, 0.1) is 22.7 Å². The van der Waals surface area contributed by atoms with E-state index in [0.717, 1.165) is 33.4 Å². The number of para-hydroxylation sites is 1. The molecule has 0 saturated heterocycles. The van der Waals surface area contributed by atoms with E-state index in [2.05, 4.69) is 89.5 Å². The van der Waals surface area contributed by atoms with Crippen molar-refractivity contribution in [1.29, 1.82) is 5.26 Å².